The van der Waals surface area contributed by atoms with Gasteiger partial charge in [0, 0.05) is 11.4 Å². The van der Waals surface area contributed by atoms with E-state index in [2.05, 4.69) is 24.4 Å². The van der Waals surface area contributed by atoms with Crippen molar-refractivity contribution in [2.45, 2.75) is 13.8 Å². The summed E-state index contributed by atoms with van der Waals surface area (Å²) in [5, 5.41) is 12.2. The van der Waals surface area contributed by atoms with Crippen LogP contribution < -0.4 is 5.32 Å². The van der Waals surface area contributed by atoms with E-state index in [9.17, 15) is 0 Å². The highest BCUT2D eigenvalue weighted by atomic mass is 14.9. The van der Waals surface area contributed by atoms with Crippen molar-refractivity contribution in [2.75, 3.05) is 5.32 Å². The molecule has 2 nitrogen and oxygen atoms in total. The molecule has 0 aliphatic heterocycles. The maximum atomic E-state index is 8.82. The quantitative estimate of drug-likeness (QED) is 0.836. The van der Waals surface area contributed by atoms with Crippen LogP contribution in [0.2, 0.25) is 0 Å². The summed E-state index contributed by atoms with van der Waals surface area (Å²) < 4.78 is 0. The van der Waals surface area contributed by atoms with Crippen LogP contribution in [0.25, 0.3) is 0 Å². The Morgan fingerprint density at radius 1 is 0.941 bits per heavy atom. The van der Waals surface area contributed by atoms with Crippen molar-refractivity contribution in [3.05, 3.63) is 59.2 Å². The Morgan fingerprint density at radius 3 is 2.29 bits per heavy atom. The molecule has 0 spiro atoms. The van der Waals surface area contributed by atoms with Gasteiger partial charge in [-0.2, -0.15) is 5.26 Å². The zero-order chi connectivity index (χ0) is 12.3. The van der Waals surface area contributed by atoms with Crippen molar-refractivity contribution in [3.63, 3.8) is 0 Å². The molecule has 1 N–H and O–H groups in total. The van der Waals surface area contributed by atoms with Crippen molar-refractivity contribution < 1.29 is 0 Å². The molecule has 0 aromatic heterocycles. The third-order valence-electron chi connectivity index (χ3n) is 2.77. The Hall–Kier alpha value is -2.27. The van der Waals surface area contributed by atoms with Crippen LogP contribution >= 0.6 is 0 Å². The lowest BCUT2D eigenvalue weighted by Gasteiger charge is -2.11. The lowest BCUT2D eigenvalue weighted by atomic mass is 10.1. The largest absolute Gasteiger partial charge is 0.355 e. The van der Waals surface area contributed by atoms with Gasteiger partial charge in [-0.1, -0.05) is 18.2 Å². The molecular weight excluding hydrogens is 208 g/mol. The standard InChI is InChI=1S/C15H14N2/c1-11-5-3-4-6-14(11)17-15-8-7-13(10-16)9-12(15)2/h3-9,17H,1-2H3. The van der Waals surface area contributed by atoms with E-state index in [1.807, 2.05) is 43.3 Å². The smallest absolute Gasteiger partial charge is 0.0991 e. The van der Waals surface area contributed by atoms with Gasteiger partial charge in [-0.15, -0.1) is 0 Å². The Balaban J connectivity index is 2.32. The second kappa shape index (κ2) is 4.71. The fourth-order valence-corrected chi connectivity index (χ4v) is 1.73. The number of benzene rings is 2. The van der Waals surface area contributed by atoms with E-state index >= 15 is 0 Å². The van der Waals surface area contributed by atoms with Gasteiger partial charge in [0.2, 0.25) is 0 Å². The van der Waals surface area contributed by atoms with Crippen LogP contribution in [0.3, 0.4) is 0 Å². The fraction of sp³-hybridized carbons (Fsp3) is 0.133. The van der Waals surface area contributed by atoms with Crippen molar-refractivity contribution >= 4 is 11.4 Å². The topological polar surface area (TPSA) is 35.8 Å². The lowest BCUT2D eigenvalue weighted by molar-refractivity contribution is 1.38. The van der Waals surface area contributed by atoms with Crippen LogP contribution in [0.5, 0.6) is 0 Å². The molecule has 0 heterocycles. The number of hydrogen-bond donors (Lipinski definition) is 1. The normalized spacial score (nSPS) is 9.71. The van der Waals surface area contributed by atoms with Gasteiger partial charge in [-0.3, -0.25) is 0 Å². The molecule has 0 saturated carbocycles. The summed E-state index contributed by atoms with van der Waals surface area (Å²) >= 11 is 0. The third-order valence-corrected chi connectivity index (χ3v) is 2.77. The monoisotopic (exact) mass is 222 g/mol. The Bertz CT molecular complexity index is 580. The predicted molar refractivity (Wildman–Crippen MR) is 70.4 cm³/mol. The zero-order valence-electron chi connectivity index (χ0n) is 9.99. The van der Waals surface area contributed by atoms with Gasteiger partial charge in [-0.25, -0.2) is 0 Å². The predicted octanol–water partition coefficient (Wildman–Crippen LogP) is 3.92. The number of nitrogens with zero attached hydrogens (tertiary/aromatic N) is 1. The van der Waals surface area contributed by atoms with E-state index in [1.165, 1.54) is 5.56 Å². The van der Waals surface area contributed by atoms with Crippen molar-refractivity contribution in [3.8, 4) is 6.07 Å². The highest BCUT2D eigenvalue weighted by Gasteiger charge is 2.02. The molecule has 84 valence electrons. The van der Waals surface area contributed by atoms with Crippen LogP contribution in [-0.2, 0) is 0 Å². The van der Waals surface area contributed by atoms with E-state index in [1.54, 1.807) is 0 Å². The summed E-state index contributed by atoms with van der Waals surface area (Å²) in [6, 6.07) is 16.0. The summed E-state index contributed by atoms with van der Waals surface area (Å²) in [6.45, 7) is 4.07. The van der Waals surface area contributed by atoms with Gasteiger partial charge in [0.05, 0.1) is 11.6 Å². The molecule has 0 aliphatic rings. The molecule has 0 unspecified atom stereocenters. The summed E-state index contributed by atoms with van der Waals surface area (Å²) in [4.78, 5) is 0. The van der Waals surface area contributed by atoms with E-state index in [0.29, 0.717) is 5.56 Å². The highest BCUT2D eigenvalue weighted by Crippen LogP contribution is 2.23. The van der Waals surface area contributed by atoms with Crippen LogP contribution in [0, 0.1) is 25.2 Å². The maximum absolute atomic E-state index is 8.82. The van der Waals surface area contributed by atoms with E-state index in [-0.39, 0.29) is 0 Å². The first-order valence-corrected chi connectivity index (χ1v) is 5.54. The number of aryl methyl sites for hydroxylation is 2. The van der Waals surface area contributed by atoms with E-state index < -0.39 is 0 Å². The molecule has 0 aliphatic carbocycles. The van der Waals surface area contributed by atoms with Gasteiger partial charge < -0.3 is 5.32 Å². The molecule has 0 bridgehead atoms. The van der Waals surface area contributed by atoms with Crippen LogP contribution in [-0.4, -0.2) is 0 Å². The first-order chi connectivity index (χ1) is 8.20. The second-order valence-corrected chi connectivity index (χ2v) is 4.08. The number of hydrogen-bond acceptors (Lipinski definition) is 2. The molecule has 2 aromatic rings. The van der Waals surface area contributed by atoms with Crippen LogP contribution in [0.1, 0.15) is 16.7 Å². The third kappa shape index (κ3) is 2.46. The van der Waals surface area contributed by atoms with Crippen LogP contribution in [0.15, 0.2) is 42.5 Å². The molecule has 0 saturated heterocycles. The number of rotatable bonds is 2. The molecule has 0 atom stereocenters. The zero-order valence-corrected chi connectivity index (χ0v) is 9.99. The summed E-state index contributed by atoms with van der Waals surface area (Å²) in [5.74, 6) is 0. The number of anilines is 2. The van der Waals surface area contributed by atoms with Crippen molar-refractivity contribution in [1.29, 1.82) is 5.26 Å². The number of nitriles is 1. The SMILES string of the molecule is Cc1ccccc1Nc1ccc(C#N)cc1C. The molecule has 17 heavy (non-hydrogen) atoms. The average molecular weight is 222 g/mol. The Labute approximate surface area is 102 Å². The molecule has 0 fully saturated rings. The van der Waals surface area contributed by atoms with Gasteiger partial charge in [0.15, 0.2) is 0 Å². The first-order valence-electron chi connectivity index (χ1n) is 5.54. The molecule has 0 amide bonds. The Kier molecular flexibility index (Phi) is 3.11. The minimum Gasteiger partial charge on any atom is -0.355 e. The average Bonchev–Trinajstić information content (AvgIpc) is 2.34. The minimum absolute atomic E-state index is 0.692. The van der Waals surface area contributed by atoms with Crippen molar-refractivity contribution in [1.82, 2.24) is 0 Å². The Morgan fingerprint density at radius 2 is 1.65 bits per heavy atom. The fourth-order valence-electron chi connectivity index (χ4n) is 1.73. The minimum atomic E-state index is 0.692. The summed E-state index contributed by atoms with van der Waals surface area (Å²) in [5.41, 5.74) is 5.11. The van der Waals surface area contributed by atoms with Gasteiger partial charge >= 0.3 is 0 Å². The second-order valence-electron chi connectivity index (χ2n) is 4.08. The van der Waals surface area contributed by atoms with E-state index in [4.69, 9.17) is 5.26 Å². The first kappa shape index (κ1) is 11.2. The van der Waals surface area contributed by atoms with Gasteiger partial charge in [-0.05, 0) is 49.2 Å². The molecule has 0 radical (unpaired) electrons. The van der Waals surface area contributed by atoms with E-state index in [0.717, 1.165) is 16.9 Å². The number of nitrogens with one attached hydrogen (secondary N) is 1. The number of para-hydroxylation sites is 1. The maximum Gasteiger partial charge on any atom is 0.0991 e. The molecular formula is C15H14N2. The summed E-state index contributed by atoms with van der Waals surface area (Å²) in [6.07, 6.45) is 0. The molecule has 2 heteroatoms. The highest BCUT2D eigenvalue weighted by molar-refractivity contribution is 5.66. The van der Waals surface area contributed by atoms with Gasteiger partial charge in [0.1, 0.15) is 0 Å². The van der Waals surface area contributed by atoms with Crippen molar-refractivity contribution in [2.24, 2.45) is 0 Å². The van der Waals surface area contributed by atoms with Gasteiger partial charge in [0.25, 0.3) is 0 Å². The molecule has 2 rings (SSSR count). The molecule has 2 aromatic carbocycles. The summed E-state index contributed by atoms with van der Waals surface area (Å²) in [7, 11) is 0. The van der Waals surface area contributed by atoms with Crippen LogP contribution in [0.4, 0.5) is 11.4 Å². The lowest BCUT2D eigenvalue weighted by Crippen LogP contribution is -1.95.